The van der Waals surface area contributed by atoms with Crippen molar-refractivity contribution in [3.63, 3.8) is 0 Å². The SMILES string of the molecule is COc1cc(S(=O)(=O)N2CCCN(C(C)=O)CC2)c(OC)cc1C. The molecule has 0 aliphatic carbocycles. The Morgan fingerprint density at radius 2 is 1.71 bits per heavy atom. The molecule has 0 atom stereocenters. The molecule has 0 spiro atoms. The normalized spacial score (nSPS) is 16.6. The number of methoxy groups -OCH3 is 2. The summed E-state index contributed by atoms with van der Waals surface area (Å²) in [5, 5.41) is 0. The van der Waals surface area contributed by atoms with Gasteiger partial charge in [-0.05, 0) is 25.0 Å². The summed E-state index contributed by atoms with van der Waals surface area (Å²) in [6.45, 7) is 4.91. The van der Waals surface area contributed by atoms with E-state index in [9.17, 15) is 13.2 Å². The molecule has 1 saturated heterocycles. The first kappa shape index (κ1) is 18.5. The van der Waals surface area contributed by atoms with Crippen LogP contribution in [0.2, 0.25) is 0 Å². The van der Waals surface area contributed by atoms with Gasteiger partial charge in [-0.25, -0.2) is 8.42 Å². The number of rotatable bonds is 4. The molecule has 7 nitrogen and oxygen atoms in total. The maximum Gasteiger partial charge on any atom is 0.246 e. The molecule has 0 unspecified atom stereocenters. The third kappa shape index (κ3) is 3.64. The van der Waals surface area contributed by atoms with Crippen LogP contribution in [0.4, 0.5) is 0 Å². The second-order valence-electron chi connectivity index (χ2n) is 5.74. The molecule has 2 rings (SSSR count). The Balaban J connectivity index is 2.38. The van der Waals surface area contributed by atoms with Gasteiger partial charge in [0.2, 0.25) is 15.9 Å². The largest absolute Gasteiger partial charge is 0.496 e. The number of carbonyl (C=O) groups excluding carboxylic acids is 1. The second kappa shape index (κ2) is 7.40. The van der Waals surface area contributed by atoms with Gasteiger partial charge in [-0.2, -0.15) is 4.31 Å². The van der Waals surface area contributed by atoms with Crippen LogP contribution in [-0.4, -0.2) is 63.9 Å². The molecule has 1 amide bonds. The topological polar surface area (TPSA) is 76.2 Å². The third-order valence-corrected chi connectivity index (χ3v) is 6.12. The fourth-order valence-corrected chi connectivity index (χ4v) is 4.43. The van der Waals surface area contributed by atoms with Crippen molar-refractivity contribution in [1.29, 1.82) is 0 Å². The predicted molar refractivity (Wildman–Crippen MR) is 89.9 cm³/mol. The van der Waals surface area contributed by atoms with Crippen molar-refractivity contribution < 1.29 is 22.7 Å². The Kier molecular flexibility index (Phi) is 5.71. The van der Waals surface area contributed by atoms with Gasteiger partial charge in [0.05, 0.1) is 14.2 Å². The van der Waals surface area contributed by atoms with Crippen LogP contribution in [0.15, 0.2) is 17.0 Å². The summed E-state index contributed by atoms with van der Waals surface area (Å²) in [5.41, 5.74) is 0.798. The highest BCUT2D eigenvalue weighted by Gasteiger charge is 2.30. The number of aryl methyl sites for hydroxylation is 1. The van der Waals surface area contributed by atoms with Crippen molar-refractivity contribution in [3.05, 3.63) is 17.7 Å². The highest BCUT2D eigenvalue weighted by Crippen LogP contribution is 2.33. The first-order valence-electron chi connectivity index (χ1n) is 7.79. The van der Waals surface area contributed by atoms with Crippen LogP contribution in [-0.2, 0) is 14.8 Å². The summed E-state index contributed by atoms with van der Waals surface area (Å²) in [6.07, 6.45) is 0.601. The zero-order chi connectivity index (χ0) is 17.9. The number of ether oxygens (including phenoxy) is 2. The van der Waals surface area contributed by atoms with E-state index in [0.717, 1.165) is 5.56 Å². The summed E-state index contributed by atoms with van der Waals surface area (Å²) < 4.78 is 38.0. The molecule has 1 aliphatic rings. The van der Waals surface area contributed by atoms with Crippen LogP contribution in [0, 0.1) is 6.92 Å². The molecule has 1 fully saturated rings. The molecular formula is C16H24N2O5S. The fourth-order valence-electron chi connectivity index (χ4n) is 2.81. The van der Waals surface area contributed by atoms with E-state index in [1.807, 2.05) is 6.92 Å². The van der Waals surface area contributed by atoms with Crippen LogP contribution >= 0.6 is 0 Å². The summed E-state index contributed by atoms with van der Waals surface area (Å²) in [5.74, 6) is 0.749. The Labute approximate surface area is 143 Å². The number of benzene rings is 1. The number of hydrogen-bond acceptors (Lipinski definition) is 5. The van der Waals surface area contributed by atoms with E-state index in [0.29, 0.717) is 37.6 Å². The molecule has 0 saturated carbocycles. The molecule has 0 radical (unpaired) electrons. The molecule has 1 aromatic rings. The van der Waals surface area contributed by atoms with Gasteiger partial charge in [0.1, 0.15) is 16.4 Å². The third-order valence-electron chi connectivity index (χ3n) is 4.20. The molecule has 1 aromatic carbocycles. The fraction of sp³-hybridized carbons (Fsp3) is 0.562. The highest BCUT2D eigenvalue weighted by atomic mass is 32.2. The average Bonchev–Trinajstić information content (AvgIpc) is 2.80. The zero-order valence-corrected chi connectivity index (χ0v) is 15.4. The number of nitrogens with zero attached hydrogens (tertiary/aromatic N) is 2. The molecule has 134 valence electrons. The van der Waals surface area contributed by atoms with E-state index in [4.69, 9.17) is 9.47 Å². The summed E-state index contributed by atoms with van der Waals surface area (Å²) in [7, 11) is -0.790. The summed E-state index contributed by atoms with van der Waals surface area (Å²) in [6, 6.07) is 3.16. The standard InChI is InChI=1S/C16H24N2O5S/c1-12-10-15(23-4)16(11-14(12)22-3)24(20,21)18-7-5-6-17(8-9-18)13(2)19/h10-11H,5-9H2,1-4H3. The van der Waals surface area contributed by atoms with Crippen LogP contribution in [0.25, 0.3) is 0 Å². The van der Waals surface area contributed by atoms with Gasteiger partial charge in [0.15, 0.2) is 0 Å². The lowest BCUT2D eigenvalue weighted by molar-refractivity contribution is -0.128. The number of amides is 1. The molecule has 24 heavy (non-hydrogen) atoms. The van der Waals surface area contributed by atoms with Crippen LogP contribution in [0.1, 0.15) is 18.9 Å². The quantitative estimate of drug-likeness (QED) is 0.812. The van der Waals surface area contributed by atoms with Gasteiger partial charge in [0, 0.05) is 39.2 Å². The molecule has 8 heteroatoms. The van der Waals surface area contributed by atoms with Gasteiger partial charge in [-0.15, -0.1) is 0 Å². The monoisotopic (exact) mass is 356 g/mol. The average molecular weight is 356 g/mol. The molecule has 0 bridgehead atoms. The predicted octanol–water partition coefficient (Wildman–Crippen LogP) is 1.26. The smallest absolute Gasteiger partial charge is 0.246 e. The minimum absolute atomic E-state index is 0.0381. The van der Waals surface area contributed by atoms with Crippen LogP contribution < -0.4 is 9.47 Å². The second-order valence-corrected chi connectivity index (χ2v) is 7.64. The van der Waals surface area contributed by atoms with Gasteiger partial charge in [0.25, 0.3) is 0 Å². The van der Waals surface area contributed by atoms with Crippen molar-refractivity contribution in [2.45, 2.75) is 25.2 Å². The zero-order valence-electron chi connectivity index (χ0n) is 14.5. The lowest BCUT2D eigenvalue weighted by Crippen LogP contribution is -2.36. The molecule has 1 aliphatic heterocycles. The van der Waals surface area contributed by atoms with E-state index in [-0.39, 0.29) is 17.3 Å². The Morgan fingerprint density at radius 1 is 1.04 bits per heavy atom. The van der Waals surface area contributed by atoms with Gasteiger partial charge >= 0.3 is 0 Å². The van der Waals surface area contributed by atoms with E-state index < -0.39 is 10.0 Å². The van der Waals surface area contributed by atoms with Crippen molar-refractivity contribution in [1.82, 2.24) is 9.21 Å². The number of sulfonamides is 1. The van der Waals surface area contributed by atoms with Gasteiger partial charge in [-0.1, -0.05) is 0 Å². The number of hydrogen-bond donors (Lipinski definition) is 0. The van der Waals surface area contributed by atoms with Gasteiger partial charge in [-0.3, -0.25) is 4.79 Å². The van der Waals surface area contributed by atoms with E-state index in [1.165, 1.54) is 31.5 Å². The maximum absolute atomic E-state index is 13.1. The van der Waals surface area contributed by atoms with Crippen molar-refractivity contribution >= 4 is 15.9 Å². The maximum atomic E-state index is 13.1. The Bertz CT molecular complexity index is 717. The van der Waals surface area contributed by atoms with Crippen molar-refractivity contribution in [2.75, 3.05) is 40.4 Å². The first-order valence-corrected chi connectivity index (χ1v) is 9.23. The van der Waals surface area contributed by atoms with E-state index in [1.54, 1.807) is 11.0 Å². The van der Waals surface area contributed by atoms with Crippen molar-refractivity contribution in [2.24, 2.45) is 0 Å². The van der Waals surface area contributed by atoms with E-state index >= 15 is 0 Å². The van der Waals surface area contributed by atoms with E-state index in [2.05, 4.69) is 0 Å². The summed E-state index contributed by atoms with van der Waals surface area (Å²) >= 11 is 0. The van der Waals surface area contributed by atoms with Crippen LogP contribution in [0.5, 0.6) is 11.5 Å². The minimum atomic E-state index is -3.74. The Hall–Kier alpha value is -1.80. The molecule has 0 N–H and O–H groups in total. The minimum Gasteiger partial charge on any atom is -0.496 e. The molecular weight excluding hydrogens is 332 g/mol. The summed E-state index contributed by atoms with van der Waals surface area (Å²) in [4.78, 5) is 13.3. The first-order chi connectivity index (χ1) is 11.3. The molecule has 1 heterocycles. The van der Waals surface area contributed by atoms with Gasteiger partial charge < -0.3 is 14.4 Å². The Morgan fingerprint density at radius 3 is 2.29 bits per heavy atom. The van der Waals surface area contributed by atoms with Crippen LogP contribution in [0.3, 0.4) is 0 Å². The lowest BCUT2D eigenvalue weighted by atomic mass is 10.2. The van der Waals surface area contributed by atoms with Crippen molar-refractivity contribution in [3.8, 4) is 11.5 Å². The number of carbonyl (C=O) groups is 1. The lowest BCUT2D eigenvalue weighted by Gasteiger charge is -2.22. The molecule has 0 aromatic heterocycles. The highest BCUT2D eigenvalue weighted by molar-refractivity contribution is 7.89.